The van der Waals surface area contributed by atoms with E-state index in [4.69, 9.17) is 0 Å². The Morgan fingerprint density at radius 2 is 1.87 bits per heavy atom. The standard InChI is InChI=1S/C26H35N11O/c1-16-20(12-18(13-28-16)24(38)27-9-11-37-10-7-8-26(37,3)4)31-22-19-14-29-25(33-23(19)36(6)34-22)32-21-15-30-35(5)17(21)2/h12-15H,7-11H2,1-6H3,(H,27,38)(H,31,34)(H,29,32,33). The van der Waals surface area contributed by atoms with E-state index in [1.54, 1.807) is 34.0 Å². The van der Waals surface area contributed by atoms with Crippen LogP contribution in [-0.4, -0.2) is 70.5 Å². The number of likely N-dealkylation sites (tertiary alicyclic amines) is 1. The molecular formula is C26H35N11O. The van der Waals surface area contributed by atoms with Gasteiger partial charge in [-0.15, -0.1) is 0 Å². The zero-order valence-electron chi connectivity index (χ0n) is 22.8. The molecule has 1 amide bonds. The minimum absolute atomic E-state index is 0.145. The highest BCUT2D eigenvalue weighted by Crippen LogP contribution is 2.28. The van der Waals surface area contributed by atoms with Gasteiger partial charge in [-0.2, -0.15) is 15.2 Å². The lowest BCUT2D eigenvalue weighted by Crippen LogP contribution is -2.43. The molecule has 0 spiro atoms. The van der Waals surface area contributed by atoms with Gasteiger partial charge >= 0.3 is 0 Å². The van der Waals surface area contributed by atoms with Gasteiger partial charge in [0, 0.05) is 45.1 Å². The molecule has 0 radical (unpaired) electrons. The summed E-state index contributed by atoms with van der Waals surface area (Å²) in [4.78, 5) is 28.9. The molecule has 0 aliphatic carbocycles. The number of nitrogens with one attached hydrogen (secondary N) is 3. The van der Waals surface area contributed by atoms with E-state index in [9.17, 15) is 4.79 Å². The number of carbonyl (C=O) groups is 1. The van der Waals surface area contributed by atoms with Gasteiger partial charge in [0.1, 0.15) is 0 Å². The molecule has 1 saturated heterocycles. The number of aromatic nitrogens is 7. The molecular weight excluding hydrogens is 482 g/mol. The van der Waals surface area contributed by atoms with Crippen molar-refractivity contribution >= 4 is 40.1 Å². The third kappa shape index (κ3) is 5.03. The Hall–Kier alpha value is -4.06. The van der Waals surface area contributed by atoms with Gasteiger partial charge in [0.25, 0.3) is 5.91 Å². The van der Waals surface area contributed by atoms with Crippen molar-refractivity contribution in [2.75, 3.05) is 30.3 Å². The summed E-state index contributed by atoms with van der Waals surface area (Å²) in [6.45, 7) is 10.9. The lowest BCUT2D eigenvalue weighted by atomic mass is 10.0. The molecule has 4 aromatic rings. The second-order valence-electron chi connectivity index (χ2n) is 10.4. The lowest BCUT2D eigenvalue weighted by Gasteiger charge is -2.31. The largest absolute Gasteiger partial charge is 0.351 e. The molecule has 0 aromatic carbocycles. The van der Waals surface area contributed by atoms with E-state index in [-0.39, 0.29) is 11.4 Å². The van der Waals surface area contributed by atoms with Crippen LogP contribution in [0, 0.1) is 13.8 Å². The Kier molecular flexibility index (Phi) is 6.74. The summed E-state index contributed by atoms with van der Waals surface area (Å²) in [5.41, 5.74) is 4.62. The first-order chi connectivity index (χ1) is 18.1. The fourth-order valence-corrected chi connectivity index (χ4v) is 4.83. The number of hydrogen-bond donors (Lipinski definition) is 3. The Bertz CT molecular complexity index is 1490. The van der Waals surface area contributed by atoms with Gasteiger partial charge in [-0.25, -0.2) is 9.67 Å². The van der Waals surface area contributed by atoms with Crippen LogP contribution >= 0.6 is 0 Å². The van der Waals surface area contributed by atoms with Crippen molar-refractivity contribution in [3.05, 3.63) is 41.6 Å². The van der Waals surface area contributed by atoms with E-state index in [0.717, 1.165) is 35.6 Å². The number of nitrogens with zero attached hydrogens (tertiary/aromatic N) is 8. The zero-order chi connectivity index (χ0) is 27.0. The number of carbonyl (C=O) groups excluding carboxylic acids is 1. The van der Waals surface area contributed by atoms with E-state index in [1.807, 2.05) is 27.9 Å². The Balaban J connectivity index is 1.30. The molecule has 1 fully saturated rings. The smallest absolute Gasteiger partial charge is 0.252 e. The molecule has 0 bridgehead atoms. The van der Waals surface area contributed by atoms with E-state index < -0.39 is 0 Å². The van der Waals surface area contributed by atoms with Crippen molar-refractivity contribution in [1.29, 1.82) is 0 Å². The van der Waals surface area contributed by atoms with Gasteiger partial charge in [-0.1, -0.05) is 0 Å². The van der Waals surface area contributed by atoms with Crippen LogP contribution < -0.4 is 16.0 Å². The number of anilines is 4. The highest BCUT2D eigenvalue weighted by atomic mass is 16.1. The monoisotopic (exact) mass is 517 g/mol. The summed E-state index contributed by atoms with van der Waals surface area (Å²) in [6, 6.07) is 1.81. The molecule has 38 heavy (non-hydrogen) atoms. The van der Waals surface area contributed by atoms with E-state index in [2.05, 4.69) is 59.8 Å². The first-order valence-electron chi connectivity index (χ1n) is 12.8. The quantitative estimate of drug-likeness (QED) is 0.322. The van der Waals surface area contributed by atoms with Crippen LogP contribution in [0.5, 0.6) is 0 Å². The maximum atomic E-state index is 12.9. The fraction of sp³-hybridized carbons (Fsp3) is 0.462. The van der Waals surface area contributed by atoms with Crippen LogP contribution in [0.25, 0.3) is 11.0 Å². The molecule has 0 unspecified atom stereocenters. The number of fused-ring (bicyclic) bond motifs is 1. The Morgan fingerprint density at radius 3 is 2.58 bits per heavy atom. The molecule has 1 aliphatic rings. The molecule has 0 saturated carbocycles. The Labute approximate surface area is 221 Å². The van der Waals surface area contributed by atoms with Gasteiger partial charge in [0.15, 0.2) is 11.5 Å². The summed E-state index contributed by atoms with van der Waals surface area (Å²) in [5, 5.41) is 19.2. The summed E-state index contributed by atoms with van der Waals surface area (Å²) < 4.78 is 3.48. The number of pyridine rings is 1. The summed E-state index contributed by atoms with van der Waals surface area (Å²) in [7, 11) is 3.71. The molecule has 5 heterocycles. The fourth-order valence-electron chi connectivity index (χ4n) is 4.83. The van der Waals surface area contributed by atoms with Crippen molar-refractivity contribution in [2.45, 2.75) is 46.1 Å². The third-order valence-electron chi connectivity index (χ3n) is 7.40. The van der Waals surface area contributed by atoms with Gasteiger partial charge < -0.3 is 16.0 Å². The minimum Gasteiger partial charge on any atom is -0.351 e. The summed E-state index contributed by atoms with van der Waals surface area (Å²) >= 11 is 0. The summed E-state index contributed by atoms with van der Waals surface area (Å²) in [5.74, 6) is 0.899. The maximum Gasteiger partial charge on any atom is 0.252 e. The SMILES string of the molecule is Cc1ncc(C(=O)NCCN2CCCC2(C)C)cc1Nc1nn(C)c2nc(Nc3cnn(C)c3C)ncc12. The van der Waals surface area contributed by atoms with Crippen LogP contribution in [-0.2, 0) is 14.1 Å². The predicted molar refractivity (Wildman–Crippen MR) is 147 cm³/mol. The number of hydrogen-bond acceptors (Lipinski definition) is 9. The van der Waals surface area contributed by atoms with E-state index >= 15 is 0 Å². The average molecular weight is 518 g/mol. The van der Waals surface area contributed by atoms with Crippen molar-refractivity contribution in [1.82, 2.24) is 44.7 Å². The second kappa shape index (κ2) is 10.0. The second-order valence-corrected chi connectivity index (χ2v) is 10.4. The topological polar surface area (TPSA) is 131 Å². The summed E-state index contributed by atoms with van der Waals surface area (Å²) in [6.07, 6.45) is 7.46. The molecule has 200 valence electrons. The molecule has 4 aromatic heterocycles. The van der Waals surface area contributed by atoms with Crippen LogP contribution in [0.2, 0.25) is 0 Å². The van der Waals surface area contributed by atoms with Gasteiger partial charge in [-0.3, -0.25) is 19.4 Å². The molecule has 12 heteroatoms. The van der Waals surface area contributed by atoms with Crippen molar-refractivity contribution < 1.29 is 4.79 Å². The number of aryl methyl sites for hydroxylation is 3. The third-order valence-corrected chi connectivity index (χ3v) is 7.40. The molecule has 1 aliphatic heterocycles. The van der Waals surface area contributed by atoms with Gasteiger partial charge in [0.05, 0.1) is 39.9 Å². The maximum absolute atomic E-state index is 12.9. The molecule has 12 nitrogen and oxygen atoms in total. The highest BCUT2D eigenvalue weighted by molar-refractivity contribution is 5.96. The van der Waals surface area contributed by atoms with Crippen LogP contribution in [0.3, 0.4) is 0 Å². The first kappa shape index (κ1) is 25.6. The molecule has 0 atom stereocenters. The van der Waals surface area contributed by atoms with Crippen molar-refractivity contribution in [2.24, 2.45) is 14.1 Å². The first-order valence-corrected chi connectivity index (χ1v) is 12.8. The van der Waals surface area contributed by atoms with E-state index in [1.165, 1.54) is 12.8 Å². The average Bonchev–Trinajstić information content (AvgIpc) is 3.50. The zero-order valence-corrected chi connectivity index (χ0v) is 22.8. The minimum atomic E-state index is -0.145. The highest BCUT2D eigenvalue weighted by Gasteiger charge is 2.31. The Morgan fingerprint density at radius 1 is 1.05 bits per heavy atom. The van der Waals surface area contributed by atoms with Crippen LogP contribution in [0.4, 0.5) is 23.1 Å². The number of rotatable bonds is 8. The van der Waals surface area contributed by atoms with Crippen molar-refractivity contribution in [3.8, 4) is 0 Å². The molecule has 5 rings (SSSR count). The van der Waals surface area contributed by atoms with Gasteiger partial charge in [0.2, 0.25) is 5.95 Å². The number of amides is 1. The lowest BCUT2D eigenvalue weighted by molar-refractivity contribution is 0.0940. The normalized spacial score (nSPS) is 15.2. The van der Waals surface area contributed by atoms with Crippen LogP contribution in [0.1, 0.15) is 48.4 Å². The molecule has 3 N–H and O–H groups in total. The van der Waals surface area contributed by atoms with E-state index in [0.29, 0.717) is 35.2 Å². The predicted octanol–water partition coefficient (Wildman–Crippen LogP) is 3.20. The van der Waals surface area contributed by atoms with Gasteiger partial charge in [-0.05, 0) is 53.1 Å². The van der Waals surface area contributed by atoms with Crippen LogP contribution in [0.15, 0.2) is 24.7 Å². The van der Waals surface area contributed by atoms with Crippen molar-refractivity contribution in [3.63, 3.8) is 0 Å².